The lowest BCUT2D eigenvalue weighted by molar-refractivity contribution is 0.407. The lowest BCUT2D eigenvalue weighted by atomic mass is 9.79. The van der Waals surface area contributed by atoms with E-state index in [0.717, 1.165) is 12.2 Å². The average molecular weight is 456 g/mol. The van der Waals surface area contributed by atoms with E-state index in [2.05, 4.69) is 81.5 Å². The Kier molecular flexibility index (Phi) is 6.08. The van der Waals surface area contributed by atoms with Crippen LogP contribution in [0.25, 0.3) is 17.1 Å². The van der Waals surface area contributed by atoms with Gasteiger partial charge in [-0.25, -0.2) is 4.98 Å². The molecule has 180 valence electrons. The van der Waals surface area contributed by atoms with Crippen molar-refractivity contribution in [3.05, 3.63) is 64.5 Å². The fourth-order valence-electron chi connectivity index (χ4n) is 6.58. The van der Waals surface area contributed by atoms with Crippen molar-refractivity contribution < 1.29 is 0 Å². The van der Waals surface area contributed by atoms with Crippen LogP contribution in [0.15, 0.2) is 36.7 Å². The molecule has 2 aliphatic rings. The van der Waals surface area contributed by atoms with Gasteiger partial charge in [0, 0.05) is 36.2 Å². The highest BCUT2D eigenvalue weighted by Gasteiger charge is 2.32. The topological polar surface area (TPSA) is 21.1 Å². The number of benzene rings is 2. The first kappa shape index (κ1) is 23.2. The van der Waals surface area contributed by atoms with Crippen molar-refractivity contribution in [3.63, 3.8) is 0 Å². The molecule has 3 aromatic rings. The Morgan fingerprint density at radius 2 is 1.62 bits per heavy atom. The van der Waals surface area contributed by atoms with Gasteiger partial charge in [-0.3, -0.25) is 4.57 Å². The normalized spacial score (nSPS) is 17.2. The number of anilines is 1. The summed E-state index contributed by atoms with van der Waals surface area (Å²) in [5.74, 6) is 1.10. The Labute approximate surface area is 206 Å². The van der Waals surface area contributed by atoms with Crippen LogP contribution < -0.4 is 4.90 Å². The minimum atomic E-state index is 0.0472. The number of hydrogen-bond acceptors (Lipinski definition) is 2. The standard InChI is InChI=1S/C31H41N3/c1-21-19-22(2)29(23(3)20-21)34-18-16-32-30(34)28-25-13-10-17-33(24-11-8-7-9-12-24)27(25)15-14-26(28)31(4,5)6/h14-16,18-20,24H,7-13,17H2,1-6H3. The average Bonchev–Trinajstić information content (AvgIpc) is 3.26. The van der Waals surface area contributed by atoms with Gasteiger partial charge < -0.3 is 4.90 Å². The Hall–Kier alpha value is -2.55. The van der Waals surface area contributed by atoms with Crippen LogP contribution in [0.1, 0.15) is 87.1 Å². The van der Waals surface area contributed by atoms with E-state index < -0.39 is 0 Å². The third-order valence-corrected chi connectivity index (χ3v) is 7.99. The van der Waals surface area contributed by atoms with Gasteiger partial charge in [0.05, 0.1) is 5.69 Å². The first-order valence-electron chi connectivity index (χ1n) is 13.3. The van der Waals surface area contributed by atoms with Gasteiger partial charge in [0.15, 0.2) is 0 Å². The van der Waals surface area contributed by atoms with Gasteiger partial charge in [0.25, 0.3) is 0 Å². The summed E-state index contributed by atoms with van der Waals surface area (Å²) in [5.41, 5.74) is 11.0. The molecule has 0 amide bonds. The summed E-state index contributed by atoms with van der Waals surface area (Å²) in [7, 11) is 0. The molecule has 3 nitrogen and oxygen atoms in total. The van der Waals surface area contributed by atoms with E-state index in [4.69, 9.17) is 4.98 Å². The van der Waals surface area contributed by atoms with Crippen molar-refractivity contribution in [2.45, 2.75) is 97.9 Å². The maximum Gasteiger partial charge on any atom is 0.145 e. The van der Waals surface area contributed by atoms with Crippen LogP contribution in [0.4, 0.5) is 5.69 Å². The molecular formula is C31H41N3. The van der Waals surface area contributed by atoms with Gasteiger partial charge in [0.1, 0.15) is 5.82 Å². The van der Waals surface area contributed by atoms with E-state index in [1.54, 1.807) is 0 Å². The van der Waals surface area contributed by atoms with Gasteiger partial charge in [-0.2, -0.15) is 0 Å². The van der Waals surface area contributed by atoms with Crippen LogP contribution >= 0.6 is 0 Å². The predicted molar refractivity (Wildman–Crippen MR) is 144 cm³/mol. The third kappa shape index (κ3) is 4.08. The minimum Gasteiger partial charge on any atom is -0.368 e. The Morgan fingerprint density at radius 3 is 2.29 bits per heavy atom. The largest absolute Gasteiger partial charge is 0.368 e. The lowest BCUT2D eigenvalue weighted by Crippen LogP contribution is -2.40. The van der Waals surface area contributed by atoms with Crippen LogP contribution in [0.3, 0.4) is 0 Å². The predicted octanol–water partition coefficient (Wildman–Crippen LogP) is 7.85. The van der Waals surface area contributed by atoms with Crippen molar-refractivity contribution in [3.8, 4) is 17.1 Å². The number of fused-ring (bicyclic) bond motifs is 1. The molecule has 1 aromatic heterocycles. The molecule has 0 radical (unpaired) electrons. The molecule has 3 heteroatoms. The molecule has 0 saturated heterocycles. The summed E-state index contributed by atoms with van der Waals surface area (Å²) >= 11 is 0. The Morgan fingerprint density at radius 1 is 0.912 bits per heavy atom. The Balaban J connectivity index is 1.72. The first-order valence-corrected chi connectivity index (χ1v) is 13.3. The number of rotatable bonds is 3. The van der Waals surface area contributed by atoms with Gasteiger partial charge in [0.2, 0.25) is 0 Å². The molecular weight excluding hydrogens is 414 g/mol. The van der Waals surface area contributed by atoms with E-state index >= 15 is 0 Å². The highest BCUT2D eigenvalue weighted by Crippen LogP contribution is 2.44. The lowest BCUT2D eigenvalue weighted by Gasteiger charge is -2.41. The number of aromatic nitrogens is 2. The summed E-state index contributed by atoms with van der Waals surface area (Å²) in [6.45, 7) is 14.9. The number of nitrogens with zero attached hydrogens (tertiary/aromatic N) is 3. The van der Waals surface area contributed by atoms with Crippen LogP contribution in [-0.2, 0) is 11.8 Å². The van der Waals surface area contributed by atoms with E-state index in [0.29, 0.717) is 6.04 Å². The smallest absolute Gasteiger partial charge is 0.145 e. The Bertz CT molecular complexity index is 1160. The first-order chi connectivity index (χ1) is 16.3. The van der Waals surface area contributed by atoms with E-state index in [-0.39, 0.29) is 5.41 Å². The van der Waals surface area contributed by atoms with Gasteiger partial charge in [-0.15, -0.1) is 0 Å². The molecule has 1 fully saturated rings. The molecule has 1 aliphatic heterocycles. The molecule has 0 bridgehead atoms. The molecule has 0 atom stereocenters. The molecule has 2 heterocycles. The summed E-state index contributed by atoms with van der Waals surface area (Å²) in [6.07, 6.45) is 13.3. The maximum atomic E-state index is 5.03. The van der Waals surface area contributed by atoms with Crippen molar-refractivity contribution in [1.29, 1.82) is 0 Å². The molecule has 1 aliphatic carbocycles. The van der Waals surface area contributed by atoms with Crippen molar-refractivity contribution >= 4 is 5.69 Å². The highest BCUT2D eigenvalue weighted by molar-refractivity contribution is 5.77. The minimum absolute atomic E-state index is 0.0472. The fourth-order valence-corrected chi connectivity index (χ4v) is 6.58. The molecule has 34 heavy (non-hydrogen) atoms. The second-order valence-electron chi connectivity index (χ2n) is 11.7. The highest BCUT2D eigenvalue weighted by atomic mass is 15.2. The van der Waals surface area contributed by atoms with E-state index in [1.165, 1.54) is 89.8 Å². The maximum absolute atomic E-state index is 5.03. The number of hydrogen-bond donors (Lipinski definition) is 0. The van der Waals surface area contributed by atoms with Crippen LogP contribution in [-0.4, -0.2) is 22.1 Å². The summed E-state index contributed by atoms with van der Waals surface area (Å²) < 4.78 is 2.36. The van der Waals surface area contributed by atoms with Crippen molar-refractivity contribution in [1.82, 2.24) is 9.55 Å². The molecule has 1 saturated carbocycles. The molecule has 0 unspecified atom stereocenters. The summed E-state index contributed by atoms with van der Waals surface area (Å²) in [6, 6.07) is 10.1. The second-order valence-corrected chi connectivity index (χ2v) is 11.7. The van der Waals surface area contributed by atoms with Crippen molar-refractivity contribution in [2.24, 2.45) is 0 Å². The SMILES string of the molecule is Cc1cc(C)c(-n2ccnc2-c2c(C(C)(C)C)ccc3c2CCCN3C2CCCCC2)c(C)c1. The third-order valence-electron chi connectivity index (χ3n) is 7.99. The monoisotopic (exact) mass is 455 g/mol. The fraction of sp³-hybridized carbons (Fsp3) is 0.516. The summed E-state index contributed by atoms with van der Waals surface area (Å²) in [5, 5.41) is 0. The summed E-state index contributed by atoms with van der Waals surface area (Å²) in [4.78, 5) is 7.79. The van der Waals surface area contributed by atoms with Crippen molar-refractivity contribution in [2.75, 3.05) is 11.4 Å². The molecule has 2 aromatic carbocycles. The zero-order valence-corrected chi connectivity index (χ0v) is 22.0. The quantitative estimate of drug-likeness (QED) is 0.401. The molecule has 0 spiro atoms. The van der Waals surface area contributed by atoms with Crippen LogP contribution in [0, 0.1) is 20.8 Å². The number of imidazole rings is 1. The molecule has 0 N–H and O–H groups in total. The zero-order valence-electron chi connectivity index (χ0n) is 22.0. The van der Waals surface area contributed by atoms with Gasteiger partial charge >= 0.3 is 0 Å². The van der Waals surface area contributed by atoms with Crippen LogP contribution in [0.5, 0.6) is 0 Å². The van der Waals surface area contributed by atoms with E-state index in [9.17, 15) is 0 Å². The second kappa shape index (κ2) is 8.91. The number of aryl methyl sites for hydroxylation is 3. The van der Waals surface area contributed by atoms with Gasteiger partial charge in [-0.1, -0.05) is 63.8 Å². The molecule has 5 rings (SSSR count). The van der Waals surface area contributed by atoms with Gasteiger partial charge in [-0.05, 0) is 80.2 Å². The van der Waals surface area contributed by atoms with E-state index in [1.807, 2.05) is 6.20 Å². The van der Waals surface area contributed by atoms with Crippen LogP contribution in [0.2, 0.25) is 0 Å². The zero-order chi connectivity index (χ0) is 24.0.